The van der Waals surface area contributed by atoms with Crippen molar-refractivity contribution in [3.05, 3.63) is 22.2 Å². The van der Waals surface area contributed by atoms with Crippen LogP contribution >= 0.6 is 11.6 Å². The summed E-state index contributed by atoms with van der Waals surface area (Å²) in [5.41, 5.74) is -0.135. The number of rotatable bonds is 1. The van der Waals surface area contributed by atoms with Crippen molar-refractivity contribution in [2.24, 2.45) is 0 Å². The molecule has 0 bridgehead atoms. The first-order valence-corrected chi connectivity index (χ1v) is 11.9. The number of aldehydes is 1. The molecule has 0 aliphatic carbocycles. The zero-order chi connectivity index (χ0) is 25.5. The van der Waals surface area contributed by atoms with Gasteiger partial charge in [0.05, 0.1) is 11.4 Å². The first-order valence-electron chi connectivity index (χ1n) is 11.5. The van der Waals surface area contributed by atoms with Gasteiger partial charge in [-0.2, -0.15) is 4.98 Å². The minimum Gasteiger partial charge on any atom is -0.472 e. The van der Waals surface area contributed by atoms with Crippen LogP contribution in [0.4, 0.5) is 15.0 Å². The number of aryl methyl sites for hydroxylation is 1. The molecular formula is C24H32ClFN4O4. The molecule has 10 heteroatoms. The maximum atomic E-state index is 15.1. The van der Waals surface area contributed by atoms with Crippen LogP contribution in [0.2, 0.25) is 5.15 Å². The van der Waals surface area contributed by atoms with E-state index >= 15 is 4.39 Å². The van der Waals surface area contributed by atoms with Gasteiger partial charge in [-0.15, -0.1) is 0 Å². The molecule has 4 rings (SSSR count). The Hall–Kier alpha value is -2.68. The molecule has 2 aliphatic rings. The molecule has 0 saturated carbocycles. The van der Waals surface area contributed by atoms with E-state index in [9.17, 15) is 9.59 Å². The Morgan fingerprint density at radius 2 is 1.85 bits per heavy atom. The topological polar surface area (TPSA) is 84.9 Å². The second-order valence-electron chi connectivity index (χ2n) is 9.36. The fraction of sp³-hybridized carbons (Fsp3) is 0.583. The fourth-order valence-corrected chi connectivity index (χ4v) is 4.51. The van der Waals surface area contributed by atoms with E-state index < -0.39 is 23.6 Å². The maximum absolute atomic E-state index is 15.1. The number of amides is 1. The molecular weight excluding hydrogens is 463 g/mol. The van der Waals surface area contributed by atoms with Gasteiger partial charge < -0.3 is 19.3 Å². The zero-order valence-electron chi connectivity index (χ0n) is 20.9. The molecule has 1 unspecified atom stereocenters. The van der Waals surface area contributed by atoms with Crippen molar-refractivity contribution < 1.29 is 23.5 Å². The number of nitrogens with zero attached hydrogens (tertiary/aromatic N) is 4. The van der Waals surface area contributed by atoms with Crippen LogP contribution in [0.3, 0.4) is 0 Å². The number of aromatic nitrogens is 2. The number of hydrogen-bond acceptors (Lipinski definition) is 7. The van der Waals surface area contributed by atoms with E-state index in [2.05, 4.69) is 9.97 Å². The van der Waals surface area contributed by atoms with E-state index in [1.807, 2.05) is 53.4 Å². The van der Waals surface area contributed by atoms with Crippen molar-refractivity contribution in [3.8, 4) is 5.88 Å². The Morgan fingerprint density at radius 1 is 1.21 bits per heavy atom. The first kappa shape index (κ1) is 25.9. The van der Waals surface area contributed by atoms with Crippen LogP contribution in [-0.4, -0.2) is 64.1 Å². The van der Waals surface area contributed by atoms with Gasteiger partial charge in [-0.3, -0.25) is 4.79 Å². The van der Waals surface area contributed by atoms with Crippen molar-refractivity contribution >= 4 is 40.6 Å². The SMILES string of the molecule is CC.Cc1c(C=O)nc2c3c(nc(Cl)c(F)c13)O[C@@H](C)[C@@H]1CN(C(=O)OC(C)(C)C)C(C)CN21. The number of ether oxygens (including phenoxy) is 2. The van der Waals surface area contributed by atoms with E-state index in [4.69, 9.17) is 21.1 Å². The van der Waals surface area contributed by atoms with E-state index in [1.54, 1.807) is 11.8 Å². The Bertz CT molecular complexity index is 1120. The van der Waals surface area contributed by atoms with Gasteiger partial charge in [-0.25, -0.2) is 14.2 Å². The Balaban J connectivity index is 0.00000158. The molecule has 0 radical (unpaired) electrons. The predicted octanol–water partition coefficient (Wildman–Crippen LogP) is 5.16. The minimum absolute atomic E-state index is 0.121. The van der Waals surface area contributed by atoms with Crippen molar-refractivity contribution in [2.75, 3.05) is 18.0 Å². The van der Waals surface area contributed by atoms with E-state index in [-0.39, 0.29) is 34.2 Å². The normalized spacial score (nSPS) is 21.6. The Labute approximate surface area is 204 Å². The molecule has 3 atom stereocenters. The Kier molecular flexibility index (Phi) is 7.26. The van der Waals surface area contributed by atoms with Crippen LogP contribution in [0.1, 0.15) is 64.5 Å². The number of halogens is 2. The van der Waals surface area contributed by atoms with E-state index in [0.29, 0.717) is 36.1 Å². The highest BCUT2D eigenvalue weighted by molar-refractivity contribution is 6.30. The summed E-state index contributed by atoms with van der Waals surface area (Å²) in [4.78, 5) is 36.9. The number of piperazine rings is 1. The lowest BCUT2D eigenvalue weighted by molar-refractivity contribution is 0.00764. The average molecular weight is 495 g/mol. The van der Waals surface area contributed by atoms with Gasteiger partial charge in [0, 0.05) is 24.5 Å². The summed E-state index contributed by atoms with van der Waals surface area (Å²) in [6, 6.07) is -0.551. The van der Waals surface area contributed by atoms with Crippen molar-refractivity contribution in [3.63, 3.8) is 0 Å². The second-order valence-corrected chi connectivity index (χ2v) is 9.72. The monoisotopic (exact) mass is 494 g/mol. The van der Waals surface area contributed by atoms with Crippen LogP contribution < -0.4 is 9.64 Å². The van der Waals surface area contributed by atoms with Gasteiger partial charge in [0.15, 0.2) is 17.3 Å². The molecule has 186 valence electrons. The number of carbonyl (C=O) groups excluding carboxylic acids is 2. The lowest BCUT2D eigenvalue weighted by Gasteiger charge is -2.46. The molecule has 2 aromatic rings. The van der Waals surface area contributed by atoms with Crippen molar-refractivity contribution in [1.82, 2.24) is 14.9 Å². The van der Waals surface area contributed by atoms with Crippen LogP contribution in [0, 0.1) is 12.7 Å². The largest absolute Gasteiger partial charge is 0.472 e. The van der Waals surface area contributed by atoms with Gasteiger partial charge >= 0.3 is 6.09 Å². The first-order chi connectivity index (χ1) is 15.9. The number of pyridine rings is 2. The average Bonchev–Trinajstić information content (AvgIpc) is 2.86. The molecule has 4 heterocycles. The molecule has 34 heavy (non-hydrogen) atoms. The predicted molar refractivity (Wildman–Crippen MR) is 130 cm³/mol. The summed E-state index contributed by atoms with van der Waals surface area (Å²) >= 11 is 6.06. The lowest BCUT2D eigenvalue weighted by Crippen LogP contribution is -2.63. The van der Waals surface area contributed by atoms with Gasteiger partial charge in [0.25, 0.3) is 0 Å². The highest BCUT2D eigenvalue weighted by Gasteiger charge is 2.43. The molecule has 1 saturated heterocycles. The third-order valence-corrected chi connectivity index (χ3v) is 6.15. The molecule has 0 aromatic carbocycles. The molecule has 2 aromatic heterocycles. The third-order valence-electron chi connectivity index (χ3n) is 5.90. The molecule has 8 nitrogen and oxygen atoms in total. The third kappa shape index (κ3) is 4.50. The van der Waals surface area contributed by atoms with Crippen LogP contribution in [-0.2, 0) is 4.74 Å². The number of carbonyl (C=O) groups is 2. The van der Waals surface area contributed by atoms with Crippen LogP contribution in [0.5, 0.6) is 5.88 Å². The standard InChI is InChI=1S/C22H26ClFN4O4.C2H6/c1-10-7-28-14(8-27(10)21(30)32-22(4,5)6)12(3)31-20-16-15(17(24)18(23)26-20)11(2)13(9-29)25-19(16)28;1-2/h9-10,12,14H,7-8H2,1-6H3;1-2H3/t10?,12-,14-;/m0./s1. The molecule has 0 spiro atoms. The summed E-state index contributed by atoms with van der Waals surface area (Å²) in [5, 5.41) is 0.213. The Morgan fingerprint density at radius 3 is 2.44 bits per heavy atom. The van der Waals surface area contributed by atoms with Crippen LogP contribution in [0.15, 0.2) is 0 Å². The summed E-state index contributed by atoms with van der Waals surface area (Å²) in [7, 11) is 0. The summed E-state index contributed by atoms with van der Waals surface area (Å²) < 4.78 is 26.8. The smallest absolute Gasteiger partial charge is 0.410 e. The molecule has 0 N–H and O–H groups in total. The van der Waals surface area contributed by atoms with Crippen molar-refractivity contribution in [1.29, 1.82) is 0 Å². The number of hydrogen-bond donors (Lipinski definition) is 0. The molecule has 1 fully saturated rings. The summed E-state index contributed by atoms with van der Waals surface area (Å²) in [5.74, 6) is -0.159. The second kappa shape index (κ2) is 9.52. The molecule has 1 amide bonds. The maximum Gasteiger partial charge on any atom is 0.410 e. The highest BCUT2D eigenvalue weighted by atomic mass is 35.5. The van der Waals surface area contributed by atoms with Gasteiger partial charge in [0.2, 0.25) is 5.88 Å². The minimum atomic E-state index is -0.718. The fourth-order valence-electron chi connectivity index (χ4n) is 4.34. The number of anilines is 1. The van der Waals surface area contributed by atoms with E-state index in [1.165, 1.54) is 0 Å². The summed E-state index contributed by atoms with van der Waals surface area (Å²) in [6.45, 7) is 15.5. The van der Waals surface area contributed by atoms with Gasteiger partial charge in [-0.05, 0) is 47.1 Å². The summed E-state index contributed by atoms with van der Waals surface area (Å²) in [6.07, 6.45) is -0.246. The zero-order valence-corrected chi connectivity index (χ0v) is 21.7. The van der Waals surface area contributed by atoms with Crippen molar-refractivity contribution in [2.45, 2.75) is 79.2 Å². The van der Waals surface area contributed by atoms with Crippen LogP contribution in [0.25, 0.3) is 10.8 Å². The number of fused-ring (bicyclic) bond motifs is 2. The molecule has 2 aliphatic heterocycles. The highest BCUT2D eigenvalue weighted by Crippen LogP contribution is 2.43. The quantitative estimate of drug-likeness (QED) is 0.399. The van der Waals surface area contributed by atoms with Gasteiger partial charge in [-0.1, -0.05) is 25.4 Å². The van der Waals surface area contributed by atoms with Gasteiger partial charge in [0.1, 0.15) is 23.2 Å². The lowest BCUT2D eigenvalue weighted by atomic mass is 10.0. The van der Waals surface area contributed by atoms with E-state index in [0.717, 1.165) is 0 Å².